The lowest BCUT2D eigenvalue weighted by molar-refractivity contribution is 0.229. The molecule has 0 spiro atoms. The van der Waals surface area contributed by atoms with E-state index in [9.17, 15) is 0 Å². The van der Waals surface area contributed by atoms with Crippen molar-refractivity contribution in [1.82, 2.24) is 10.2 Å². The predicted molar refractivity (Wildman–Crippen MR) is 77.9 cm³/mol. The summed E-state index contributed by atoms with van der Waals surface area (Å²) in [5.41, 5.74) is 0. The smallest absolute Gasteiger partial charge is 0.0431 e. The van der Waals surface area contributed by atoms with Crippen LogP contribution in [0.3, 0.4) is 0 Å². The topological polar surface area (TPSA) is 35.5 Å². The van der Waals surface area contributed by atoms with Gasteiger partial charge in [-0.2, -0.15) is 0 Å². The van der Waals surface area contributed by atoms with E-state index in [1.807, 2.05) is 0 Å². The number of nitrogens with one attached hydrogen (secondary N) is 1. The molecule has 3 nitrogen and oxygen atoms in total. The van der Waals surface area contributed by atoms with Crippen molar-refractivity contribution in [3.8, 4) is 0 Å². The summed E-state index contributed by atoms with van der Waals surface area (Å²) in [6.07, 6.45) is 8.61. The van der Waals surface area contributed by atoms with Gasteiger partial charge in [-0.1, -0.05) is 12.8 Å². The number of likely N-dealkylation sites (tertiary alicyclic amines) is 1. The largest absolute Gasteiger partial charge is 0.396 e. The normalized spacial score (nSPS) is 22.3. The zero-order valence-electron chi connectivity index (χ0n) is 12.3. The lowest BCUT2D eigenvalue weighted by Gasteiger charge is -2.24. The molecule has 108 valence electrons. The van der Waals surface area contributed by atoms with Gasteiger partial charge in [-0.3, -0.25) is 0 Å². The zero-order valence-corrected chi connectivity index (χ0v) is 12.3. The summed E-state index contributed by atoms with van der Waals surface area (Å²) in [4.78, 5) is 2.60. The fourth-order valence-corrected chi connectivity index (χ4v) is 2.74. The molecule has 3 heteroatoms. The Morgan fingerprint density at radius 2 is 1.89 bits per heavy atom. The minimum Gasteiger partial charge on any atom is -0.396 e. The minimum atomic E-state index is 0.348. The van der Waals surface area contributed by atoms with Crippen molar-refractivity contribution in [2.45, 2.75) is 70.9 Å². The first-order valence-corrected chi connectivity index (χ1v) is 7.82. The van der Waals surface area contributed by atoms with E-state index in [4.69, 9.17) is 5.11 Å². The zero-order chi connectivity index (χ0) is 13.2. The molecule has 1 rings (SSSR count). The molecule has 0 bridgehead atoms. The molecule has 1 fully saturated rings. The Morgan fingerprint density at radius 1 is 1.11 bits per heavy atom. The van der Waals surface area contributed by atoms with Crippen LogP contribution in [0.2, 0.25) is 0 Å². The second-order valence-corrected chi connectivity index (χ2v) is 5.85. The maximum atomic E-state index is 8.71. The van der Waals surface area contributed by atoms with Gasteiger partial charge in [0.15, 0.2) is 0 Å². The quantitative estimate of drug-likeness (QED) is 0.655. The highest BCUT2D eigenvalue weighted by Crippen LogP contribution is 2.13. The molecule has 0 aromatic carbocycles. The van der Waals surface area contributed by atoms with Gasteiger partial charge in [-0.15, -0.1) is 0 Å². The Kier molecular flexibility index (Phi) is 8.64. The molecule has 18 heavy (non-hydrogen) atoms. The van der Waals surface area contributed by atoms with Gasteiger partial charge in [0.05, 0.1) is 0 Å². The standard InChI is InChI=1S/C15H32N2O/c1-14(2)17-11-7-8-15(9-12-17)16-10-5-3-4-6-13-18/h14-16,18H,3-13H2,1-2H3. The van der Waals surface area contributed by atoms with Crippen LogP contribution in [0.15, 0.2) is 0 Å². The first kappa shape index (κ1) is 15.9. The first-order chi connectivity index (χ1) is 8.74. The average molecular weight is 256 g/mol. The fourth-order valence-electron chi connectivity index (χ4n) is 2.74. The van der Waals surface area contributed by atoms with E-state index in [0.717, 1.165) is 19.0 Å². The van der Waals surface area contributed by atoms with E-state index in [0.29, 0.717) is 12.6 Å². The fraction of sp³-hybridized carbons (Fsp3) is 1.00. The van der Waals surface area contributed by atoms with Gasteiger partial charge >= 0.3 is 0 Å². The molecular formula is C15H32N2O. The van der Waals surface area contributed by atoms with Crippen LogP contribution >= 0.6 is 0 Å². The first-order valence-electron chi connectivity index (χ1n) is 7.82. The van der Waals surface area contributed by atoms with Crippen LogP contribution in [-0.4, -0.2) is 48.3 Å². The van der Waals surface area contributed by atoms with Crippen molar-refractivity contribution in [3.05, 3.63) is 0 Å². The maximum absolute atomic E-state index is 8.71. The average Bonchev–Trinajstić information content (AvgIpc) is 2.59. The van der Waals surface area contributed by atoms with Gasteiger partial charge in [0.25, 0.3) is 0 Å². The van der Waals surface area contributed by atoms with Crippen molar-refractivity contribution >= 4 is 0 Å². The van der Waals surface area contributed by atoms with E-state index < -0.39 is 0 Å². The summed E-state index contributed by atoms with van der Waals surface area (Å²) < 4.78 is 0. The lowest BCUT2D eigenvalue weighted by Crippen LogP contribution is -2.34. The van der Waals surface area contributed by atoms with Crippen molar-refractivity contribution in [1.29, 1.82) is 0 Å². The van der Waals surface area contributed by atoms with Crippen molar-refractivity contribution in [2.75, 3.05) is 26.2 Å². The lowest BCUT2D eigenvalue weighted by atomic mass is 10.1. The molecule has 1 aliphatic rings. The summed E-state index contributed by atoms with van der Waals surface area (Å²) in [5.74, 6) is 0. The number of rotatable bonds is 8. The number of aliphatic hydroxyl groups is 1. The third-order valence-corrected chi connectivity index (χ3v) is 4.01. The molecule has 0 saturated carbocycles. The van der Waals surface area contributed by atoms with Gasteiger partial charge in [0, 0.05) is 18.7 Å². The molecule has 1 heterocycles. The van der Waals surface area contributed by atoms with Crippen LogP contribution in [0.5, 0.6) is 0 Å². The molecule has 1 atom stereocenters. The molecule has 1 unspecified atom stereocenters. The highest BCUT2D eigenvalue weighted by molar-refractivity contribution is 4.76. The molecule has 0 radical (unpaired) electrons. The second kappa shape index (κ2) is 9.76. The van der Waals surface area contributed by atoms with E-state index in [-0.39, 0.29) is 0 Å². The van der Waals surface area contributed by atoms with Crippen LogP contribution in [0, 0.1) is 0 Å². The van der Waals surface area contributed by atoms with E-state index in [1.54, 1.807) is 0 Å². The molecule has 0 aliphatic carbocycles. The number of hydrogen-bond donors (Lipinski definition) is 2. The third-order valence-electron chi connectivity index (χ3n) is 4.01. The molecule has 0 aromatic rings. The monoisotopic (exact) mass is 256 g/mol. The van der Waals surface area contributed by atoms with Crippen molar-refractivity contribution in [2.24, 2.45) is 0 Å². The summed E-state index contributed by atoms with van der Waals surface area (Å²) in [5, 5.41) is 12.4. The van der Waals surface area contributed by atoms with Crippen LogP contribution in [0.1, 0.15) is 58.8 Å². The van der Waals surface area contributed by atoms with Gasteiger partial charge in [-0.25, -0.2) is 0 Å². The number of hydrogen-bond acceptors (Lipinski definition) is 3. The molecule has 1 aliphatic heterocycles. The molecule has 0 aromatic heterocycles. The second-order valence-electron chi connectivity index (χ2n) is 5.85. The molecule has 0 amide bonds. The Labute approximate surface area is 113 Å². The van der Waals surface area contributed by atoms with E-state index in [1.165, 1.54) is 51.6 Å². The predicted octanol–water partition coefficient (Wildman–Crippen LogP) is 2.39. The van der Waals surface area contributed by atoms with E-state index >= 15 is 0 Å². The summed E-state index contributed by atoms with van der Waals surface area (Å²) in [6, 6.07) is 1.42. The van der Waals surface area contributed by atoms with Crippen LogP contribution in [-0.2, 0) is 0 Å². The SMILES string of the molecule is CC(C)N1CCCC(NCCCCCCO)CC1. The van der Waals surface area contributed by atoms with Gasteiger partial charge in [-0.05, 0) is 65.6 Å². The molecular weight excluding hydrogens is 224 g/mol. The summed E-state index contributed by atoms with van der Waals surface area (Å²) in [7, 11) is 0. The van der Waals surface area contributed by atoms with Crippen molar-refractivity contribution in [3.63, 3.8) is 0 Å². The highest BCUT2D eigenvalue weighted by atomic mass is 16.2. The van der Waals surface area contributed by atoms with Crippen LogP contribution in [0.4, 0.5) is 0 Å². The minimum absolute atomic E-state index is 0.348. The Bertz CT molecular complexity index is 197. The summed E-state index contributed by atoms with van der Waals surface area (Å²) >= 11 is 0. The number of unbranched alkanes of at least 4 members (excludes halogenated alkanes) is 3. The van der Waals surface area contributed by atoms with Crippen LogP contribution in [0.25, 0.3) is 0 Å². The third kappa shape index (κ3) is 6.72. The van der Waals surface area contributed by atoms with Crippen LogP contribution < -0.4 is 5.32 Å². The maximum Gasteiger partial charge on any atom is 0.0431 e. The molecule has 1 saturated heterocycles. The Hall–Kier alpha value is -0.120. The molecule has 2 N–H and O–H groups in total. The van der Waals surface area contributed by atoms with Crippen molar-refractivity contribution < 1.29 is 5.11 Å². The van der Waals surface area contributed by atoms with Gasteiger partial charge in [0.2, 0.25) is 0 Å². The number of aliphatic hydroxyl groups excluding tert-OH is 1. The van der Waals surface area contributed by atoms with E-state index in [2.05, 4.69) is 24.1 Å². The summed E-state index contributed by atoms with van der Waals surface area (Å²) in [6.45, 7) is 8.62. The number of nitrogens with zero attached hydrogens (tertiary/aromatic N) is 1. The highest BCUT2D eigenvalue weighted by Gasteiger charge is 2.17. The Balaban J connectivity index is 2.05. The van der Waals surface area contributed by atoms with Gasteiger partial charge in [0.1, 0.15) is 0 Å². The van der Waals surface area contributed by atoms with Gasteiger partial charge < -0.3 is 15.3 Å². The Morgan fingerprint density at radius 3 is 2.61 bits per heavy atom.